The van der Waals surface area contributed by atoms with Gasteiger partial charge in [0, 0.05) is 16.3 Å². The van der Waals surface area contributed by atoms with Crippen LogP contribution >= 0.6 is 24.0 Å². The summed E-state index contributed by atoms with van der Waals surface area (Å²) in [6.07, 6.45) is 0. The Morgan fingerprint density at radius 1 is 1.00 bits per heavy atom. The van der Waals surface area contributed by atoms with Gasteiger partial charge >= 0.3 is 5.97 Å². The summed E-state index contributed by atoms with van der Waals surface area (Å²) in [4.78, 5) is 22.7. The maximum Gasteiger partial charge on any atom is 0.335 e. The second-order valence-corrected chi connectivity index (χ2v) is 4.28. The summed E-state index contributed by atoms with van der Waals surface area (Å²) in [6.45, 7) is 0. The lowest BCUT2D eigenvalue weighted by Crippen LogP contribution is -2.12. The van der Waals surface area contributed by atoms with E-state index in [1.807, 2.05) is 0 Å². The first-order valence-corrected chi connectivity index (χ1v) is 5.84. The number of carbonyl (C=O) groups excluding carboxylic acids is 1. The molecule has 0 radical (unpaired) electrons. The number of rotatable bonds is 3. The number of hydrogen-bond acceptors (Lipinski definition) is 2. The molecule has 2 N–H and O–H groups in total. The van der Waals surface area contributed by atoms with Crippen molar-refractivity contribution < 1.29 is 14.7 Å². The van der Waals surface area contributed by atoms with E-state index < -0.39 is 5.97 Å². The summed E-state index contributed by atoms with van der Waals surface area (Å²) < 4.78 is 0. The molecule has 0 unspecified atom stereocenters. The highest BCUT2D eigenvalue weighted by molar-refractivity contribution is 6.30. The van der Waals surface area contributed by atoms with Crippen molar-refractivity contribution in [2.24, 2.45) is 0 Å². The Labute approximate surface area is 126 Å². The molecule has 0 heterocycles. The van der Waals surface area contributed by atoms with Gasteiger partial charge in [-0.15, -0.1) is 12.4 Å². The van der Waals surface area contributed by atoms with E-state index in [2.05, 4.69) is 5.32 Å². The summed E-state index contributed by atoms with van der Waals surface area (Å²) in [5.41, 5.74) is 0.999. The number of nitrogens with one attached hydrogen (secondary N) is 1. The number of carbonyl (C=O) groups is 2. The van der Waals surface area contributed by atoms with Crippen molar-refractivity contribution >= 4 is 41.6 Å². The van der Waals surface area contributed by atoms with Crippen LogP contribution in [0.25, 0.3) is 0 Å². The van der Waals surface area contributed by atoms with Crippen LogP contribution in [0.2, 0.25) is 5.02 Å². The third kappa shape index (κ3) is 3.98. The molecule has 2 aromatic carbocycles. The zero-order valence-electron chi connectivity index (χ0n) is 10.2. The molecule has 2 aromatic rings. The molecule has 0 saturated carbocycles. The Morgan fingerprint density at radius 3 is 2.25 bits per heavy atom. The van der Waals surface area contributed by atoms with E-state index in [0.717, 1.165) is 0 Å². The predicted molar refractivity (Wildman–Crippen MR) is 80.1 cm³/mol. The molecule has 0 saturated heterocycles. The zero-order valence-corrected chi connectivity index (χ0v) is 11.7. The van der Waals surface area contributed by atoms with Crippen LogP contribution < -0.4 is 5.32 Å². The largest absolute Gasteiger partial charge is 0.478 e. The Bertz CT molecular complexity index is 627. The molecule has 0 aromatic heterocycles. The minimum absolute atomic E-state index is 0. The standard InChI is InChI=1S/C14H10ClNO3.ClH/c15-11-6-4-9(5-7-11)13(17)16-12-3-1-2-10(8-12)14(18)19;/h1-8H,(H,16,17)(H,18,19);1H. The fraction of sp³-hybridized carbons (Fsp3) is 0. The second kappa shape index (κ2) is 6.93. The smallest absolute Gasteiger partial charge is 0.335 e. The van der Waals surface area contributed by atoms with E-state index >= 15 is 0 Å². The Balaban J connectivity index is 0.00000200. The monoisotopic (exact) mass is 311 g/mol. The molecule has 0 aliphatic heterocycles. The molecule has 6 heteroatoms. The van der Waals surface area contributed by atoms with E-state index in [-0.39, 0.29) is 23.9 Å². The van der Waals surface area contributed by atoms with Gasteiger partial charge in [-0.3, -0.25) is 4.79 Å². The van der Waals surface area contributed by atoms with Crippen LogP contribution in [-0.2, 0) is 0 Å². The fourth-order valence-electron chi connectivity index (χ4n) is 1.53. The van der Waals surface area contributed by atoms with Crippen LogP contribution in [0.5, 0.6) is 0 Å². The van der Waals surface area contributed by atoms with Crippen LogP contribution in [0.1, 0.15) is 20.7 Å². The highest BCUT2D eigenvalue weighted by Gasteiger charge is 2.08. The Kier molecular flexibility index (Phi) is 5.55. The van der Waals surface area contributed by atoms with Crippen LogP contribution in [-0.4, -0.2) is 17.0 Å². The Morgan fingerprint density at radius 2 is 1.65 bits per heavy atom. The van der Waals surface area contributed by atoms with Crippen molar-refractivity contribution in [3.05, 3.63) is 64.7 Å². The molecular weight excluding hydrogens is 301 g/mol. The van der Waals surface area contributed by atoms with Crippen LogP contribution in [0, 0.1) is 0 Å². The molecule has 20 heavy (non-hydrogen) atoms. The predicted octanol–water partition coefficient (Wildman–Crippen LogP) is 3.71. The van der Waals surface area contributed by atoms with Crippen molar-refractivity contribution in [2.75, 3.05) is 5.32 Å². The lowest BCUT2D eigenvalue weighted by molar-refractivity contribution is 0.0696. The molecule has 0 atom stereocenters. The number of carboxylic acids is 1. The third-order valence-corrected chi connectivity index (χ3v) is 2.73. The first-order chi connectivity index (χ1) is 9.06. The van der Waals surface area contributed by atoms with Crippen LogP contribution in [0.4, 0.5) is 5.69 Å². The van der Waals surface area contributed by atoms with Gasteiger partial charge in [0.1, 0.15) is 0 Å². The summed E-state index contributed by atoms with van der Waals surface area (Å²) in [5.74, 6) is -1.36. The van der Waals surface area contributed by atoms with E-state index in [4.69, 9.17) is 16.7 Å². The van der Waals surface area contributed by atoms with Crippen molar-refractivity contribution in [3.8, 4) is 0 Å². The molecule has 0 aliphatic carbocycles. The highest BCUT2D eigenvalue weighted by atomic mass is 35.5. The summed E-state index contributed by atoms with van der Waals surface area (Å²) in [5, 5.41) is 12.0. The van der Waals surface area contributed by atoms with Gasteiger partial charge in [-0.1, -0.05) is 17.7 Å². The van der Waals surface area contributed by atoms with Gasteiger partial charge in [0.05, 0.1) is 5.56 Å². The number of hydrogen-bond donors (Lipinski definition) is 2. The van der Waals surface area contributed by atoms with E-state index in [1.54, 1.807) is 36.4 Å². The van der Waals surface area contributed by atoms with Crippen LogP contribution in [0.3, 0.4) is 0 Å². The first kappa shape index (κ1) is 16.0. The Hall–Kier alpha value is -2.04. The van der Waals surface area contributed by atoms with Gasteiger partial charge in [0.25, 0.3) is 5.91 Å². The normalized spacial score (nSPS) is 9.45. The van der Waals surface area contributed by atoms with Gasteiger partial charge < -0.3 is 10.4 Å². The van der Waals surface area contributed by atoms with Crippen molar-refractivity contribution in [3.63, 3.8) is 0 Å². The third-order valence-electron chi connectivity index (χ3n) is 2.47. The topological polar surface area (TPSA) is 66.4 Å². The minimum Gasteiger partial charge on any atom is -0.478 e. The second-order valence-electron chi connectivity index (χ2n) is 3.85. The number of carboxylic acid groups (broad SMARTS) is 1. The summed E-state index contributed by atoms with van der Waals surface area (Å²) in [7, 11) is 0. The number of anilines is 1. The fourth-order valence-corrected chi connectivity index (χ4v) is 1.66. The van der Waals surface area contributed by atoms with Gasteiger partial charge in [-0.05, 0) is 42.5 Å². The van der Waals surface area contributed by atoms with Crippen molar-refractivity contribution in [1.82, 2.24) is 0 Å². The van der Waals surface area contributed by atoms with Crippen LogP contribution in [0.15, 0.2) is 48.5 Å². The quantitative estimate of drug-likeness (QED) is 0.908. The average Bonchev–Trinajstić information content (AvgIpc) is 2.39. The molecule has 0 fully saturated rings. The van der Waals surface area contributed by atoms with Crippen molar-refractivity contribution in [1.29, 1.82) is 0 Å². The first-order valence-electron chi connectivity index (χ1n) is 5.46. The average molecular weight is 312 g/mol. The molecule has 1 amide bonds. The molecule has 104 valence electrons. The molecular formula is C14H11Cl2NO3. The summed E-state index contributed by atoms with van der Waals surface area (Å²) in [6, 6.07) is 12.5. The number of halogens is 2. The number of aromatic carboxylic acids is 1. The lowest BCUT2D eigenvalue weighted by Gasteiger charge is -2.06. The van der Waals surface area contributed by atoms with Gasteiger partial charge in [0.2, 0.25) is 0 Å². The minimum atomic E-state index is -1.04. The molecule has 4 nitrogen and oxygen atoms in total. The summed E-state index contributed by atoms with van der Waals surface area (Å²) >= 11 is 5.74. The number of amides is 1. The lowest BCUT2D eigenvalue weighted by atomic mass is 10.2. The molecule has 2 rings (SSSR count). The highest BCUT2D eigenvalue weighted by Crippen LogP contribution is 2.14. The molecule has 0 spiro atoms. The van der Waals surface area contributed by atoms with Crippen molar-refractivity contribution in [2.45, 2.75) is 0 Å². The maximum atomic E-state index is 11.9. The van der Waals surface area contributed by atoms with Gasteiger partial charge in [-0.25, -0.2) is 4.79 Å². The van der Waals surface area contributed by atoms with E-state index in [9.17, 15) is 9.59 Å². The number of benzene rings is 2. The van der Waals surface area contributed by atoms with E-state index in [1.165, 1.54) is 12.1 Å². The SMILES string of the molecule is Cl.O=C(O)c1cccc(NC(=O)c2ccc(Cl)cc2)c1. The van der Waals surface area contributed by atoms with Gasteiger partial charge in [-0.2, -0.15) is 0 Å². The molecule has 0 aliphatic rings. The molecule has 0 bridgehead atoms. The van der Waals surface area contributed by atoms with Gasteiger partial charge in [0.15, 0.2) is 0 Å². The zero-order chi connectivity index (χ0) is 13.8. The van der Waals surface area contributed by atoms with E-state index in [0.29, 0.717) is 16.3 Å². The maximum absolute atomic E-state index is 11.9.